The monoisotopic (exact) mass is 350 g/mol. The average molecular weight is 350 g/mol. The minimum Gasteiger partial charge on any atom is -0.350 e. The van der Waals surface area contributed by atoms with E-state index in [-0.39, 0.29) is 23.6 Å². The third-order valence-electron chi connectivity index (χ3n) is 3.24. The number of fused-ring (bicyclic) bond motifs is 1. The predicted octanol–water partition coefficient (Wildman–Crippen LogP) is 3.32. The van der Waals surface area contributed by atoms with Crippen LogP contribution in [0.25, 0.3) is 5.65 Å². The molecule has 2 radical (unpaired) electrons. The van der Waals surface area contributed by atoms with Crippen molar-refractivity contribution in [3.05, 3.63) is 53.5 Å². The van der Waals surface area contributed by atoms with Gasteiger partial charge in [-0.25, -0.2) is 4.39 Å². The van der Waals surface area contributed by atoms with Crippen molar-refractivity contribution in [3.8, 4) is 0 Å². The second kappa shape index (κ2) is 7.54. The molecule has 3 rings (SSSR count). The van der Waals surface area contributed by atoms with E-state index in [1.54, 1.807) is 0 Å². The number of aromatic nitrogens is 3. The lowest BCUT2D eigenvalue weighted by atomic mass is 9.95. The van der Waals surface area contributed by atoms with Gasteiger partial charge in [-0.2, -0.15) is 13.2 Å². The van der Waals surface area contributed by atoms with Gasteiger partial charge >= 0.3 is 6.18 Å². The number of hydrogen-bond donors (Lipinski definition) is 1. The fourth-order valence-corrected chi connectivity index (χ4v) is 2.06. The van der Waals surface area contributed by atoms with Crippen molar-refractivity contribution in [2.45, 2.75) is 26.6 Å². The molecule has 1 N–H and O–H groups in total. The van der Waals surface area contributed by atoms with Gasteiger partial charge < -0.3 is 5.32 Å². The Hall–Kier alpha value is -2.58. The van der Waals surface area contributed by atoms with E-state index >= 15 is 0 Å². The minimum atomic E-state index is -4.47. The summed E-state index contributed by atoms with van der Waals surface area (Å²) in [6, 6.07) is 6.32. The molecule has 0 fully saturated rings. The van der Waals surface area contributed by atoms with Gasteiger partial charge in [0.1, 0.15) is 13.7 Å². The Labute approximate surface area is 143 Å². The summed E-state index contributed by atoms with van der Waals surface area (Å²) in [6.45, 7) is 4.03. The van der Waals surface area contributed by atoms with Gasteiger partial charge in [0.15, 0.2) is 5.65 Å². The standard InChI is InChI=1S/C14H9BF4N4.C2H6/c15-10-3-1-8(11(16)5-10)6-20-13-22-21-12-4-2-9(7-23(12)13)14(17,18)19;1-2/h1-5,7H,6H2,(H,20,22);1-2H3. The smallest absolute Gasteiger partial charge is 0.350 e. The van der Waals surface area contributed by atoms with Crippen LogP contribution in [0.5, 0.6) is 0 Å². The van der Waals surface area contributed by atoms with Crippen LogP contribution in [0.3, 0.4) is 0 Å². The Bertz CT molecular complexity index is 861. The van der Waals surface area contributed by atoms with E-state index in [2.05, 4.69) is 15.5 Å². The molecule has 0 spiro atoms. The van der Waals surface area contributed by atoms with Crippen molar-refractivity contribution in [2.24, 2.45) is 0 Å². The second-order valence-electron chi connectivity index (χ2n) is 4.87. The minimum absolute atomic E-state index is 0.0309. The lowest BCUT2D eigenvalue weighted by Crippen LogP contribution is -2.10. The molecule has 3 aromatic rings. The maximum absolute atomic E-state index is 13.7. The average Bonchev–Trinajstić information content (AvgIpc) is 2.97. The molecule has 25 heavy (non-hydrogen) atoms. The second-order valence-corrected chi connectivity index (χ2v) is 4.87. The van der Waals surface area contributed by atoms with Gasteiger partial charge in [0.05, 0.1) is 5.56 Å². The van der Waals surface area contributed by atoms with Gasteiger partial charge in [0.25, 0.3) is 0 Å². The molecular formula is C16H15BF4N4. The number of pyridine rings is 1. The summed E-state index contributed by atoms with van der Waals surface area (Å²) >= 11 is 0. The molecule has 0 unspecified atom stereocenters. The quantitative estimate of drug-likeness (QED) is 0.582. The van der Waals surface area contributed by atoms with Crippen LogP contribution in [0.4, 0.5) is 23.5 Å². The van der Waals surface area contributed by atoms with Crippen LogP contribution in [-0.4, -0.2) is 22.4 Å². The Morgan fingerprint density at radius 3 is 2.48 bits per heavy atom. The molecule has 2 aromatic heterocycles. The predicted molar refractivity (Wildman–Crippen MR) is 88.5 cm³/mol. The molecule has 0 amide bonds. The van der Waals surface area contributed by atoms with E-state index in [9.17, 15) is 17.6 Å². The van der Waals surface area contributed by atoms with E-state index < -0.39 is 17.6 Å². The van der Waals surface area contributed by atoms with Crippen LogP contribution in [-0.2, 0) is 12.7 Å². The number of hydrogen-bond acceptors (Lipinski definition) is 3. The number of benzene rings is 1. The Balaban J connectivity index is 0.00000109. The number of alkyl halides is 3. The number of rotatable bonds is 3. The van der Waals surface area contributed by atoms with E-state index in [4.69, 9.17) is 7.85 Å². The third kappa shape index (κ3) is 4.29. The number of nitrogens with zero attached hydrogens (tertiary/aromatic N) is 3. The highest BCUT2D eigenvalue weighted by molar-refractivity contribution is 6.32. The summed E-state index contributed by atoms with van der Waals surface area (Å²) in [6.07, 6.45) is -3.59. The summed E-state index contributed by atoms with van der Waals surface area (Å²) in [4.78, 5) is 0. The van der Waals surface area contributed by atoms with Crippen molar-refractivity contribution < 1.29 is 17.6 Å². The number of nitrogens with one attached hydrogen (secondary N) is 1. The van der Waals surface area contributed by atoms with Gasteiger partial charge in [0, 0.05) is 18.3 Å². The van der Waals surface area contributed by atoms with E-state index in [1.807, 2.05) is 13.8 Å². The molecule has 0 atom stereocenters. The largest absolute Gasteiger partial charge is 0.417 e. The molecule has 2 heterocycles. The normalized spacial score (nSPS) is 11.1. The van der Waals surface area contributed by atoms with Crippen LogP contribution in [0.1, 0.15) is 25.0 Å². The highest BCUT2D eigenvalue weighted by Gasteiger charge is 2.31. The molecule has 130 valence electrons. The molecule has 0 bridgehead atoms. The third-order valence-corrected chi connectivity index (χ3v) is 3.24. The molecule has 0 aliphatic rings. The highest BCUT2D eigenvalue weighted by atomic mass is 19.4. The summed E-state index contributed by atoms with van der Waals surface area (Å²) in [5.74, 6) is -0.426. The number of anilines is 1. The van der Waals surface area contributed by atoms with Crippen LogP contribution >= 0.6 is 0 Å². The van der Waals surface area contributed by atoms with Crippen molar-refractivity contribution in [1.82, 2.24) is 14.6 Å². The van der Waals surface area contributed by atoms with E-state index in [1.165, 1.54) is 24.3 Å². The maximum Gasteiger partial charge on any atom is 0.417 e. The van der Waals surface area contributed by atoms with Gasteiger partial charge in [0.2, 0.25) is 5.95 Å². The van der Waals surface area contributed by atoms with Crippen molar-refractivity contribution in [1.29, 1.82) is 0 Å². The molecule has 9 heteroatoms. The van der Waals surface area contributed by atoms with Crippen LogP contribution in [0.2, 0.25) is 0 Å². The molecular weight excluding hydrogens is 335 g/mol. The molecule has 0 aliphatic carbocycles. The van der Waals surface area contributed by atoms with Crippen LogP contribution in [0, 0.1) is 5.82 Å². The topological polar surface area (TPSA) is 42.2 Å². The zero-order chi connectivity index (χ0) is 18.6. The summed E-state index contributed by atoms with van der Waals surface area (Å²) < 4.78 is 53.1. The van der Waals surface area contributed by atoms with Gasteiger partial charge in [-0.05, 0) is 18.2 Å². The maximum atomic E-state index is 13.7. The molecule has 1 aromatic carbocycles. The first-order valence-corrected chi connectivity index (χ1v) is 7.54. The van der Waals surface area contributed by atoms with Crippen molar-refractivity contribution >= 4 is 24.9 Å². The SMILES string of the molecule is CC.[B]c1ccc(CNc2nnc3ccc(C(F)(F)F)cn23)c(F)c1. The van der Waals surface area contributed by atoms with E-state index in [0.717, 1.165) is 16.7 Å². The van der Waals surface area contributed by atoms with Gasteiger partial charge in [-0.1, -0.05) is 31.4 Å². The lowest BCUT2D eigenvalue weighted by molar-refractivity contribution is -0.137. The van der Waals surface area contributed by atoms with Crippen molar-refractivity contribution in [3.63, 3.8) is 0 Å². The summed E-state index contributed by atoms with van der Waals surface area (Å²) in [7, 11) is 5.46. The molecule has 0 saturated heterocycles. The Kier molecular flexibility index (Phi) is 5.66. The first kappa shape index (κ1) is 18.8. The Morgan fingerprint density at radius 1 is 1.12 bits per heavy atom. The lowest BCUT2D eigenvalue weighted by Gasteiger charge is -2.09. The molecule has 4 nitrogen and oxygen atoms in total. The zero-order valence-corrected chi connectivity index (χ0v) is 13.6. The zero-order valence-electron chi connectivity index (χ0n) is 13.6. The summed E-state index contributed by atoms with van der Waals surface area (Å²) in [5.41, 5.74) is 0.0155. The fourth-order valence-electron chi connectivity index (χ4n) is 2.06. The van der Waals surface area contributed by atoms with Crippen LogP contribution < -0.4 is 10.8 Å². The fraction of sp³-hybridized carbons (Fsp3) is 0.250. The number of halogens is 4. The molecule has 0 aliphatic heterocycles. The molecule has 0 saturated carbocycles. The first-order chi connectivity index (χ1) is 11.8. The Morgan fingerprint density at radius 2 is 1.84 bits per heavy atom. The van der Waals surface area contributed by atoms with Gasteiger partial charge in [-0.3, -0.25) is 4.40 Å². The van der Waals surface area contributed by atoms with Crippen molar-refractivity contribution in [2.75, 3.05) is 5.32 Å². The first-order valence-electron chi connectivity index (χ1n) is 7.54. The highest BCUT2D eigenvalue weighted by Crippen LogP contribution is 2.29. The van der Waals surface area contributed by atoms with Gasteiger partial charge in [-0.15, -0.1) is 10.2 Å². The summed E-state index contributed by atoms with van der Waals surface area (Å²) in [5, 5.41) is 10.3. The van der Waals surface area contributed by atoms with Crippen LogP contribution in [0.15, 0.2) is 36.5 Å². The van der Waals surface area contributed by atoms with E-state index in [0.29, 0.717) is 5.56 Å².